The van der Waals surface area contributed by atoms with Crippen LogP contribution in [0.15, 0.2) is 30.6 Å². The van der Waals surface area contributed by atoms with Gasteiger partial charge in [-0.05, 0) is 32.0 Å². The third-order valence-electron chi connectivity index (χ3n) is 2.59. The number of rotatable bonds is 5. The van der Waals surface area contributed by atoms with E-state index in [2.05, 4.69) is 10.1 Å². The molecule has 0 aliphatic rings. The van der Waals surface area contributed by atoms with Crippen LogP contribution in [0.3, 0.4) is 0 Å². The fourth-order valence-corrected chi connectivity index (χ4v) is 1.92. The molecule has 1 aromatic carbocycles. The fourth-order valence-electron chi connectivity index (χ4n) is 1.70. The van der Waals surface area contributed by atoms with Crippen molar-refractivity contribution in [2.24, 2.45) is 0 Å². The molecule has 0 aliphatic carbocycles. The maximum absolute atomic E-state index is 11.4. The van der Waals surface area contributed by atoms with Gasteiger partial charge in [0, 0.05) is 22.9 Å². The largest absolute Gasteiger partial charge is 0.497 e. The Hall–Kier alpha value is -2.34. The maximum atomic E-state index is 11.4. The SMILES string of the molecule is COc1cc(Cl)cc(-c2ncn(C=CC(=O)OC(C)C)n2)c1. The highest BCUT2D eigenvalue weighted by Crippen LogP contribution is 2.26. The van der Waals surface area contributed by atoms with Gasteiger partial charge in [0.05, 0.1) is 13.2 Å². The second-order valence-electron chi connectivity index (χ2n) is 4.73. The molecule has 0 unspecified atom stereocenters. The monoisotopic (exact) mass is 321 g/mol. The van der Waals surface area contributed by atoms with Crippen molar-refractivity contribution in [2.75, 3.05) is 7.11 Å². The van der Waals surface area contributed by atoms with E-state index in [9.17, 15) is 4.79 Å². The lowest BCUT2D eigenvalue weighted by molar-refractivity contribution is -0.141. The Labute approximate surface area is 133 Å². The smallest absolute Gasteiger partial charge is 0.332 e. The predicted molar refractivity (Wildman–Crippen MR) is 83.6 cm³/mol. The molecule has 0 saturated carbocycles. The van der Waals surface area contributed by atoms with Crippen LogP contribution >= 0.6 is 11.6 Å². The number of ether oxygens (including phenoxy) is 2. The molecule has 7 heteroatoms. The van der Waals surface area contributed by atoms with Gasteiger partial charge in [-0.3, -0.25) is 0 Å². The molecule has 0 N–H and O–H groups in total. The van der Waals surface area contributed by atoms with Gasteiger partial charge in [0.1, 0.15) is 12.1 Å². The summed E-state index contributed by atoms with van der Waals surface area (Å²) in [5.74, 6) is 0.661. The Kier molecular flexibility index (Phi) is 5.16. The first-order valence-corrected chi connectivity index (χ1v) is 7.00. The molecule has 0 bridgehead atoms. The number of hydrogen-bond acceptors (Lipinski definition) is 5. The van der Waals surface area contributed by atoms with Gasteiger partial charge in [-0.15, -0.1) is 5.10 Å². The molecule has 0 saturated heterocycles. The molecule has 2 rings (SSSR count). The fraction of sp³-hybridized carbons (Fsp3) is 0.267. The van der Waals surface area contributed by atoms with E-state index in [0.717, 1.165) is 5.56 Å². The topological polar surface area (TPSA) is 66.2 Å². The highest BCUT2D eigenvalue weighted by Gasteiger charge is 2.07. The summed E-state index contributed by atoms with van der Waals surface area (Å²) in [6.07, 6.45) is 4.09. The summed E-state index contributed by atoms with van der Waals surface area (Å²) in [4.78, 5) is 15.6. The number of carbonyl (C=O) groups excluding carboxylic acids is 1. The Balaban J connectivity index is 2.16. The average Bonchev–Trinajstić information content (AvgIpc) is 2.92. The van der Waals surface area contributed by atoms with E-state index >= 15 is 0 Å². The van der Waals surface area contributed by atoms with E-state index in [1.54, 1.807) is 39.2 Å². The van der Waals surface area contributed by atoms with E-state index in [1.165, 1.54) is 23.3 Å². The van der Waals surface area contributed by atoms with Crippen molar-refractivity contribution in [3.63, 3.8) is 0 Å². The molecule has 6 nitrogen and oxygen atoms in total. The van der Waals surface area contributed by atoms with E-state index in [0.29, 0.717) is 16.6 Å². The molecular weight excluding hydrogens is 306 g/mol. The number of esters is 1. The number of halogens is 1. The lowest BCUT2D eigenvalue weighted by atomic mass is 10.2. The first-order chi connectivity index (χ1) is 10.5. The van der Waals surface area contributed by atoms with Crippen molar-refractivity contribution in [2.45, 2.75) is 20.0 Å². The lowest BCUT2D eigenvalue weighted by Gasteiger charge is -2.03. The summed E-state index contributed by atoms with van der Waals surface area (Å²) in [6.45, 7) is 3.57. The van der Waals surface area contributed by atoms with E-state index in [-0.39, 0.29) is 6.10 Å². The maximum Gasteiger partial charge on any atom is 0.332 e. The summed E-state index contributed by atoms with van der Waals surface area (Å²) in [5, 5.41) is 4.77. The summed E-state index contributed by atoms with van der Waals surface area (Å²) < 4.78 is 11.6. The van der Waals surface area contributed by atoms with Crippen molar-refractivity contribution in [1.82, 2.24) is 14.8 Å². The highest BCUT2D eigenvalue weighted by atomic mass is 35.5. The van der Waals surface area contributed by atoms with Gasteiger partial charge >= 0.3 is 5.97 Å². The molecule has 2 aromatic rings. The Morgan fingerprint density at radius 1 is 1.36 bits per heavy atom. The zero-order chi connectivity index (χ0) is 16.1. The predicted octanol–water partition coefficient (Wildman–Crippen LogP) is 3.03. The average molecular weight is 322 g/mol. The van der Waals surface area contributed by atoms with Crippen LogP contribution < -0.4 is 4.74 Å². The van der Waals surface area contributed by atoms with E-state index in [4.69, 9.17) is 21.1 Å². The van der Waals surface area contributed by atoms with Crippen LogP contribution in [0.2, 0.25) is 5.02 Å². The van der Waals surface area contributed by atoms with Crippen LogP contribution in [0.5, 0.6) is 5.75 Å². The summed E-state index contributed by atoms with van der Waals surface area (Å²) in [5.41, 5.74) is 0.723. The quantitative estimate of drug-likeness (QED) is 0.625. The Morgan fingerprint density at radius 3 is 2.82 bits per heavy atom. The zero-order valence-corrected chi connectivity index (χ0v) is 13.2. The molecule has 0 fully saturated rings. The Morgan fingerprint density at radius 2 is 2.14 bits per heavy atom. The van der Waals surface area contributed by atoms with Gasteiger partial charge in [0.2, 0.25) is 0 Å². The molecule has 0 radical (unpaired) electrons. The molecule has 22 heavy (non-hydrogen) atoms. The summed E-state index contributed by atoms with van der Waals surface area (Å²) >= 11 is 6.02. The number of aromatic nitrogens is 3. The molecule has 0 amide bonds. The minimum absolute atomic E-state index is 0.164. The molecule has 1 heterocycles. The van der Waals surface area contributed by atoms with Gasteiger partial charge in [0.15, 0.2) is 5.82 Å². The van der Waals surface area contributed by atoms with E-state index in [1.807, 2.05) is 0 Å². The van der Waals surface area contributed by atoms with Crippen molar-refractivity contribution in [1.29, 1.82) is 0 Å². The molecular formula is C15H16ClN3O3. The first-order valence-electron chi connectivity index (χ1n) is 6.63. The van der Waals surface area contributed by atoms with Crippen LogP contribution in [-0.2, 0) is 9.53 Å². The highest BCUT2D eigenvalue weighted by molar-refractivity contribution is 6.31. The number of nitrogens with zero attached hydrogens (tertiary/aromatic N) is 3. The van der Waals surface area contributed by atoms with Crippen LogP contribution in [0.1, 0.15) is 13.8 Å². The minimum atomic E-state index is -0.434. The van der Waals surface area contributed by atoms with Crippen LogP contribution in [0, 0.1) is 0 Å². The summed E-state index contributed by atoms with van der Waals surface area (Å²) in [7, 11) is 1.56. The number of benzene rings is 1. The van der Waals surface area contributed by atoms with E-state index < -0.39 is 5.97 Å². The molecule has 0 atom stereocenters. The van der Waals surface area contributed by atoms with Crippen molar-refractivity contribution in [3.8, 4) is 17.1 Å². The van der Waals surface area contributed by atoms with Gasteiger partial charge in [0.25, 0.3) is 0 Å². The zero-order valence-electron chi connectivity index (χ0n) is 12.5. The van der Waals surface area contributed by atoms with Crippen molar-refractivity contribution >= 4 is 23.8 Å². The van der Waals surface area contributed by atoms with Gasteiger partial charge in [-0.2, -0.15) is 0 Å². The number of carbonyl (C=O) groups is 1. The molecule has 1 aromatic heterocycles. The second kappa shape index (κ2) is 7.09. The third kappa shape index (κ3) is 4.33. The van der Waals surface area contributed by atoms with Crippen LogP contribution in [-0.4, -0.2) is 33.9 Å². The number of methoxy groups -OCH3 is 1. The van der Waals surface area contributed by atoms with Crippen LogP contribution in [0.25, 0.3) is 17.6 Å². The summed E-state index contributed by atoms with van der Waals surface area (Å²) in [6, 6.07) is 5.21. The molecule has 116 valence electrons. The molecule has 0 aliphatic heterocycles. The van der Waals surface area contributed by atoms with Crippen molar-refractivity contribution in [3.05, 3.63) is 35.6 Å². The molecule has 0 spiro atoms. The number of hydrogen-bond donors (Lipinski definition) is 0. The Bertz CT molecular complexity index is 695. The van der Waals surface area contributed by atoms with Crippen molar-refractivity contribution < 1.29 is 14.3 Å². The second-order valence-corrected chi connectivity index (χ2v) is 5.17. The first kappa shape index (κ1) is 16.0. The normalized spacial score (nSPS) is 11.1. The van der Waals surface area contributed by atoms with Gasteiger partial charge in [-0.1, -0.05) is 11.6 Å². The standard InChI is InChI=1S/C15H16ClN3O3/c1-10(2)22-14(20)4-5-19-9-17-15(18-19)11-6-12(16)8-13(7-11)21-3/h4-10H,1-3H3. The van der Waals surface area contributed by atoms with Gasteiger partial charge in [-0.25, -0.2) is 14.5 Å². The van der Waals surface area contributed by atoms with Crippen LogP contribution in [0.4, 0.5) is 0 Å². The lowest BCUT2D eigenvalue weighted by Crippen LogP contribution is -2.08. The minimum Gasteiger partial charge on any atom is -0.497 e. The van der Waals surface area contributed by atoms with Gasteiger partial charge < -0.3 is 9.47 Å². The third-order valence-corrected chi connectivity index (χ3v) is 2.81.